The minimum absolute atomic E-state index is 0.355. The number of rotatable bonds is 9. The van der Waals surface area contributed by atoms with Crippen LogP contribution in [0.3, 0.4) is 0 Å². The third-order valence-electron chi connectivity index (χ3n) is 2.07. The van der Waals surface area contributed by atoms with Crippen LogP contribution in [-0.4, -0.2) is 25.3 Å². The molecule has 2 nitrogen and oxygen atoms in total. The highest BCUT2D eigenvalue weighted by molar-refractivity contribution is 4.70. The maximum absolute atomic E-state index is 5.45. The summed E-state index contributed by atoms with van der Waals surface area (Å²) >= 11 is 0. The van der Waals surface area contributed by atoms with Gasteiger partial charge in [-0.15, -0.1) is 6.58 Å². The minimum atomic E-state index is 0.355. The second kappa shape index (κ2) is 9.22. The third kappa shape index (κ3) is 9.75. The van der Waals surface area contributed by atoms with E-state index in [2.05, 4.69) is 32.7 Å². The Balaban J connectivity index is 3.14. The lowest BCUT2D eigenvalue weighted by atomic mass is 10.2. The molecule has 0 saturated heterocycles. The third-order valence-corrected chi connectivity index (χ3v) is 2.07. The number of hydrogen-bond acceptors (Lipinski definition) is 2. The molecule has 0 aliphatic rings. The number of ether oxygens (including phenoxy) is 1. The van der Waals surface area contributed by atoms with E-state index in [1.807, 2.05) is 6.08 Å². The fourth-order valence-corrected chi connectivity index (χ4v) is 1.21. The summed E-state index contributed by atoms with van der Waals surface area (Å²) in [6, 6.07) is 0.590. The molecule has 0 amide bonds. The molecule has 1 unspecified atom stereocenters. The van der Waals surface area contributed by atoms with Crippen molar-refractivity contribution in [3.63, 3.8) is 0 Å². The SMILES string of the molecule is C=CCCC(C)NCCCOC(C)C. The van der Waals surface area contributed by atoms with E-state index in [0.29, 0.717) is 12.1 Å². The first-order valence-corrected chi connectivity index (χ1v) is 5.62. The Morgan fingerprint density at radius 2 is 2.07 bits per heavy atom. The van der Waals surface area contributed by atoms with Gasteiger partial charge in [-0.25, -0.2) is 0 Å². The van der Waals surface area contributed by atoms with E-state index >= 15 is 0 Å². The highest BCUT2D eigenvalue weighted by Gasteiger charge is 1.99. The normalized spacial score (nSPS) is 13.1. The van der Waals surface area contributed by atoms with Gasteiger partial charge in [0.25, 0.3) is 0 Å². The standard InChI is InChI=1S/C12H25NO/c1-5-6-8-12(4)13-9-7-10-14-11(2)3/h5,11-13H,1,6-10H2,2-4H3. The molecule has 0 rings (SSSR count). The summed E-state index contributed by atoms with van der Waals surface area (Å²) < 4.78 is 5.45. The van der Waals surface area contributed by atoms with Crippen molar-refractivity contribution in [2.24, 2.45) is 0 Å². The van der Waals surface area contributed by atoms with Crippen LogP contribution in [0, 0.1) is 0 Å². The Bertz CT molecular complexity index is 134. The van der Waals surface area contributed by atoms with Gasteiger partial charge in [0.05, 0.1) is 6.10 Å². The second-order valence-electron chi connectivity index (χ2n) is 3.99. The summed E-state index contributed by atoms with van der Waals surface area (Å²) in [6.07, 6.45) is 5.69. The van der Waals surface area contributed by atoms with Crippen LogP contribution >= 0.6 is 0 Å². The van der Waals surface area contributed by atoms with Gasteiger partial charge >= 0.3 is 0 Å². The van der Waals surface area contributed by atoms with Crippen molar-refractivity contribution in [3.8, 4) is 0 Å². The summed E-state index contributed by atoms with van der Waals surface area (Å²) in [5.41, 5.74) is 0. The molecule has 2 heteroatoms. The van der Waals surface area contributed by atoms with E-state index in [1.54, 1.807) is 0 Å². The maximum Gasteiger partial charge on any atom is 0.0518 e. The number of allylic oxidation sites excluding steroid dienone is 1. The van der Waals surface area contributed by atoms with Gasteiger partial charge in [0, 0.05) is 12.6 Å². The van der Waals surface area contributed by atoms with Gasteiger partial charge < -0.3 is 10.1 Å². The molecule has 0 aromatic carbocycles. The molecule has 0 aliphatic heterocycles. The van der Waals surface area contributed by atoms with Crippen molar-refractivity contribution in [1.82, 2.24) is 5.32 Å². The maximum atomic E-state index is 5.45. The molecule has 0 aromatic rings. The smallest absolute Gasteiger partial charge is 0.0518 e. The topological polar surface area (TPSA) is 21.3 Å². The molecule has 0 fully saturated rings. The summed E-state index contributed by atoms with van der Waals surface area (Å²) in [5, 5.41) is 3.46. The van der Waals surface area contributed by atoms with E-state index in [-0.39, 0.29) is 0 Å². The van der Waals surface area contributed by atoms with Crippen LogP contribution in [-0.2, 0) is 4.74 Å². The minimum Gasteiger partial charge on any atom is -0.379 e. The molecule has 0 spiro atoms. The summed E-state index contributed by atoms with van der Waals surface area (Å²) in [7, 11) is 0. The molecule has 14 heavy (non-hydrogen) atoms. The fourth-order valence-electron chi connectivity index (χ4n) is 1.21. The van der Waals surface area contributed by atoms with Gasteiger partial charge in [-0.2, -0.15) is 0 Å². The molecule has 0 radical (unpaired) electrons. The van der Waals surface area contributed by atoms with E-state index in [0.717, 1.165) is 26.0 Å². The summed E-state index contributed by atoms with van der Waals surface area (Å²) in [5.74, 6) is 0. The Labute approximate surface area is 88.7 Å². The molecular weight excluding hydrogens is 174 g/mol. The van der Waals surface area contributed by atoms with E-state index in [9.17, 15) is 0 Å². The first kappa shape index (κ1) is 13.7. The highest BCUT2D eigenvalue weighted by Crippen LogP contribution is 1.96. The Morgan fingerprint density at radius 3 is 2.64 bits per heavy atom. The summed E-state index contributed by atoms with van der Waals surface area (Å²) in [4.78, 5) is 0. The van der Waals surface area contributed by atoms with Crippen molar-refractivity contribution < 1.29 is 4.74 Å². The van der Waals surface area contributed by atoms with Gasteiger partial charge in [-0.05, 0) is 46.6 Å². The highest BCUT2D eigenvalue weighted by atomic mass is 16.5. The molecular formula is C12H25NO. The predicted molar refractivity (Wildman–Crippen MR) is 62.6 cm³/mol. The zero-order chi connectivity index (χ0) is 10.8. The van der Waals surface area contributed by atoms with Crippen LogP contribution in [0.1, 0.15) is 40.0 Å². The van der Waals surface area contributed by atoms with Crippen molar-refractivity contribution >= 4 is 0 Å². The quantitative estimate of drug-likeness (QED) is 0.455. The van der Waals surface area contributed by atoms with Crippen molar-refractivity contribution in [2.45, 2.75) is 52.2 Å². The largest absolute Gasteiger partial charge is 0.379 e. The Kier molecular flexibility index (Phi) is 9.00. The van der Waals surface area contributed by atoms with Gasteiger partial charge in [-0.3, -0.25) is 0 Å². The lowest BCUT2D eigenvalue weighted by Crippen LogP contribution is -2.27. The molecule has 1 N–H and O–H groups in total. The first-order valence-electron chi connectivity index (χ1n) is 5.62. The van der Waals surface area contributed by atoms with E-state index in [4.69, 9.17) is 4.74 Å². The second-order valence-corrected chi connectivity index (χ2v) is 3.99. The fraction of sp³-hybridized carbons (Fsp3) is 0.833. The predicted octanol–water partition coefficient (Wildman–Crippen LogP) is 2.75. The lowest BCUT2D eigenvalue weighted by Gasteiger charge is -2.13. The molecule has 0 aliphatic carbocycles. The monoisotopic (exact) mass is 199 g/mol. The summed E-state index contributed by atoms with van der Waals surface area (Å²) in [6.45, 7) is 12.0. The van der Waals surface area contributed by atoms with Crippen molar-refractivity contribution in [3.05, 3.63) is 12.7 Å². The van der Waals surface area contributed by atoms with Gasteiger partial charge in [-0.1, -0.05) is 6.08 Å². The molecule has 0 heterocycles. The van der Waals surface area contributed by atoms with Crippen LogP contribution < -0.4 is 5.32 Å². The van der Waals surface area contributed by atoms with Gasteiger partial charge in [0.1, 0.15) is 0 Å². The van der Waals surface area contributed by atoms with Crippen molar-refractivity contribution in [1.29, 1.82) is 0 Å². The first-order chi connectivity index (χ1) is 6.66. The lowest BCUT2D eigenvalue weighted by molar-refractivity contribution is 0.0767. The van der Waals surface area contributed by atoms with Crippen molar-refractivity contribution in [2.75, 3.05) is 13.2 Å². The van der Waals surface area contributed by atoms with Crippen LogP contribution in [0.15, 0.2) is 12.7 Å². The number of nitrogens with one attached hydrogen (secondary N) is 1. The van der Waals surface area contributed by atoms with Crippen LogP contribution in [0.4, 0.5) is 0 Å². The molecule has 0 saturated carbocycles. The van der Waals surface area contributed by atoms with Crippen LogP contribution in [0.25, 0.3) is 0 Å². The zero-order valence-electron chi connectivity index (χ0n) is 9.88. The molecule has 0 bridgehead atoms. The average Bonchev–Trinajstić information content (AvgIpc) is 2.13. The van der Waals surface area contributed by atoms with E-state index < -0.39 is 0 Å². The van der Waals surface area contributed by atoms with Gasteiger partial charge in [0.15, 0.2) is 0 Å². The molecule has 84 valence electrons. The van der Waals surface area contributed by atoms with Gasteiger partial charge in [0.2, 0.25) is 0 Å². The average molecular weight is 199 g/mol. The molecule has 1 atom stereocenters. The van der Waals surface area contributed by atoms with Crippen LogP contribution in [0.5, 0.6) is 0 Å². The number of hydrogen-bond donors (Lipinski definition) is 1. The van der Waals surface area contributed by atoms with Crippen LogP contribution in [0.2, 0.25) is 0 Å². The molecule has 0 aromatic heterocycles. The Hall–Kier alpha value is -0.340. The Morgan fingerprint density at radius 1 is 1.36 bits per heavy atom. The zero-order valence-corrected chi connectivity index (χ0v) is 9.88. The van der Waals surface area contributed by atoms with E-state index in [1.165, 1.54) is 6.42 Å².